The summed E-state index contributed by atoms with van der Waals surface area (Å²) in [6.45, 7) is 0.753. The number of ether oxygens (including phenoxy) is 1. The zero-order valence-electron chi connectivity index (χ0n) is 8.08. The van der Waals surface area contributed by atoms with Gasteiger partial charge in [-0.2, -0.15) is 5.26 Å². The first kappa shape index (κ1) is 9.42. The van der Waals surface area contributed by atoms with Gasteiger partial charge in [0.1, 0.15) is 6.07 Å². The first-order valence-electron chi connectivity index (χ1n) is 5.06. The minimum Gasteiger partial charge on any atom is -0.371 e. The van der Waals surface area contributed by atoms with Crippen molar-refractivity contribution in [3.63, 3.8) is 0 Å². The predicted molar refractivity (Wildman–Crippen MR) is 50.5 cm³/mol. The molecule has 3 heteroatoms. The molecule has 0 aromatic heterocycles. The quantitative estimate of drug-likeness (QED) is 0.586. The summed E-state index contributed by atoms with van der Waals surface area (Å²) >= 11 is 0. The predicted octanol–water partition coefficient (Wildman–Crippen LogP) is 1.74. The summed E-state index contributed by atoms with van der Waals surface area (Å²) in [6, 6.07) is 1.96. The van der Waals surface area contributed by atoms with E-state index in [0.717, 1.165) is 32.3 Å². The van der Waals surface area contributed by atoms with Crippen molar-refractivity contribution in [3.8, 4) is 6.07 Å². The van der Waals surface area contributed by atoms with Crippen molar-refractivity contribution < 1.29 is 9.53 Å². The van der Waals surface area contributed by atoms with Crippen LogP contribution >= 0.6 is 0 Å². The van der Waals surface area contributed by atoms with Crippen LogP contribution in [0.3, 0.4) is 0 Å². The van der Waals surface area contributed by atoms with Gasteiger partial charge in [-0.25, -0.2) is 0 Å². The maximum Gasteiger partial charge on any atom is 0.173 e. The molecule has 1 aliphatic carbocycles. The summed E-state index contributed by atoms with van der Waals surface area (Å²) in [4.78, 5) is 11.3. The first-order chi connectivity index (χ1) is 6.76. The molecular weight excluding hydrogens is 178 g/mol. The number of allylic oxidation sites excluding steroid dienone is 1. The van der Waals surface area contributed by atoms with Gasteiger partial charge in [-0.15, -0.1) is 0 Å². The van der Waals surface area contributed by atoms with Gasteiger partial charge in [0.05, 0.1) is 11.2 Å². The second kappa shape index (κ2) is 3.55. The number of Topliss-reactive ketones (excluding diaryl/α,β-unsaturated/α-hetero) is 1. The Kier molecular flexibility index (Phi) is 2.39. The van der Waals surface area contributed by atoms with E-state index < -0.39 is 0 Å². The SMILES string of the molecule is N#CC1=CC2(CCCCO2)CCC1=O. The van der Waals surface area contributed by atoms with Gasteiger partial charge in [-0.3, -0.25) is 4.79 Å². The van der Waals surface area contributed by atoms with Crippen molar-refractivity contribution in [1.29, 1.82) is 5.26 Å². The number of carbonyl (C=O) groups excluding carboxylic acids is 1. The summed E-state index contributed by atoms with van der Waals surface area (Å²) in [5.41, 5.74) is -0.00447. The third kappa shape index (κ3) is 1.58. The highest BCUT2D eigenvalue weighted by Crippen LogP contribution is 2.35. The lowest BCUT2D eigenvalue weighted by molar-refractivity contribution is -0.119. The van der Waals surface area contributed by atoms with Crippen LogP contribution in [0.25, 0.3) is 0 Å². The summed E-state index contributed by atoms with van der Waals surface area (Å²) in [6.07, 6.45) is 6.12. The molecule has 1 saturated heterocycles. The fourth-order valence-electron chi connectivity index (χ4n) is 2.16. The lowest BCUT2D eigenvalue weighted by atomic mass is 9.81. The number of rotatable bonds is 0. The monoisotopic (exact) mass is 191 g/mol. The molecule has 1 unspecified atom stereocenters. The topological polar surface area (TPSA) is 50.1 Å². The normalized spacial score (nSPS) is 32.5. The van der Waals surface area contributed by atoms with Gasteiger partial charge in [-0.05, 0) is 31.8 Å². The second-order valence-corrected chi connectivity index (χ2v) is 3.96. The molecule has 0 bridgehead atoms. The average Bonchev–Trinajstić information content (AvgIpc) is 2.23. The summed E-state index contributed by atoms with van der Waals surface area (Å²) in [5.74, 6) is -0.0349. The minimum absolute atomic E-state index is 0.0349. The van der Waals surface area contributed by atoms with Gasteiger partial charge in [-0.1, -0.05) is 0 Å². The van der Waals surface area contributed by atoms with Gasteiger partial charge in [0.15, 0.2) is 5.78 Å². The Morgan fingerprint density at radius 3 is 2.93 bits per heavy atom. The molecule has 2 rings (SSSR count). The van der Waals surface area contributed by atoms with Crippen LogP contribution in [0.1, 0.15) is 32.1 Å². The van der Waals surface area contributed by atoms with Gasteiger partial charge in [0, 0.05) is 13.0 Å². The fourth-order valence-corrected chi connectivity index (χ4v) is 2.16. The zero-order valence-corrected chi connectivity index (χ0v) is 8.08. The number of nitriles is 1. The largest absolute Gasteiger partial charge is 0.371 e. The Hall–Kier alpha value is -1.14. The molecule has 0 aromatic carbocycles. The third-order valence-electron chi connectivity index (χ3n) is 2.99. The molecule has 0 amide bonds. The van der Waals surface area contributed by atoms with E-state index in [9.17, 15) is 4.79 Å². The molecule has 0 N–H and O–H groups in total. The number of ketones is 1. The van der Waals surface area contributed by atoms with Crippen LogP contribution in [0, 0.1) is 11.3 Å². The van der Waals surface area contributed by atoms with E-state index in [4.69, 9.17) is 10.00 Å². The Labute approximate surface area is 83.4 Å². The molecule has 1 heterocycles. The molecule has 0 aromatic rings. The van der Waals surface area contributed by atoms with Crippen LogP contribution in [0.5, 0.6) is 0 Å². The summed E-state index contributed by atoms with van der Waals surface area (Å²) in [5, 5.41) is 8.78. The van der Waals surface area contributed by atoms with Crippen LogP contribution in [0.15, 0.2) is 11.6 Å². The average molecular weight is 191 g/mol. The van der Waals surface area contributed by atoms with E-state index >= 15 is 0 Å². The Balaban J connectivity index is 2.25. The number of carbonyl (C=O) groups is 1. The Bertz CT molecular complexity index is 319. The summed E-state index contributed by atoms with van der Waals surface area (Å²) < 4.78 is 5.71. The molecule has 1 atom stereocenters. The van der Waals surface area contributed by atoms with Crippen molar-refractivity contribution in [1.82, 2.24) is 0 Å². The van der Waals surface area contributed by atoms with Crippen LogP contribution in [-0.4, -0.2) is 18.0 Å². The molecule has 1 aliphatic heterocycles. The molecule has 2 aliphatic rings. The molecule has 1 fully saturated rings. The van der Waals surface area contributed by atoms with Crippen molar-refractivity contribution >= 4 is 5.78 Å². The van der Waals surface area contributed by atoms with Gasteiger partial charge < -0.3 is 4.74 Å². The van der Waals surface area contributed by atoms with E-state index in [-0.39, 0.29) is 17.0 Å². The van der Waals surface area contributed by atoms with E-state index in [1.165, 1.54) is 0 Å². The highest BCUT2D eigenvalue weighted by molar-refractivity contribution is 6.00. The number of hydrogen-bond donors (Lipinski definition) is 0. The van der Waals surface area contributed by atoms with Crippen LogP contribution in [-0.2, 0) is 9.53 Å². The van der Waals surface area contributed by atoms with Crippen LogP contribution in [0.4, 0.5) is 0 Å². The molecule has 14 heavy (non-hydrogen) atoms. The summed E-state index contributed by atoms with van der Waals surface area (Å²) in [7, 11) is 0. The fraction of sp³-hybridized carbons (Fsp3) is 0.636. The maximum absolute atomic E-state index is 11.3. The highest BCUT2D eigenvalue weighted by atomic mass is 16.5. The number of nitrogens with zero attached hydrogens (tertiary/aromatic N) is 1. The molecule has 74 valence electrons. The number of hydrogen-bond acceptors (Lipinski definition) is 3. The van der Waals surface area contributed by atoms with Gasteiger partial charge in [0.2, 0.25) is 0 Å². The maximum atomic E-state index is 11.3. The Morgan fingerprint density at radius 1 is 1.43 bits per heavy atom. The smallest absolute Gasteiger partial charge is 0.173 e. The van der Waals surface area contributed by atoms with E-state index in [2.05, 4.69) is 0 Å². The standard InChI is InChI=1S/C11H13NO2/c12-8-9-7-11(5-3-10(9)13)4-1-2-6-14-11/h7H,1-6H2. The van der Waals surface area contributed by atoms with Crippen molar-refractivity contribution in [2.24, 2.45) is 0 Å². The van der Waals surface area contributed by atoms with E-state index in [1.54, 1.807) is 6.08 Å². The van der Waals surface area contributed by atoms with Gasteiger partial charge >= 0.3 is 0 Å². The molecule has 1 spiro atoms. The lowest BCUT2D eigenvalue weighted by Crippen LogP contribution is -2.38. The third-order valence-corrected chi connectivity index (χ3v) is 2.99. The molecule has 0 radical (unpaired) electrons. The van der Waals surface area contributed by atoms with Crippen molar-refractivity contribution in [3.05, 3.63) is 11.6 Å². The van der Waals surface area contributed by atoms with Crippen molar-refractivity contribution in [2.75, 3.05) is 6.61 Å². The first-order valence-corrected chi connectivity index (χ1v) is 5.06. The molecular formula is C11H13NO2. The van der Waals surface area contributed by atoms with Gasteiger partial charge in [0.25, 0.3) is 0 Å². The van der Waals surface area contributed by atoms with E-state index in [0.29, 0.717) is 6.42 Å². The molecule has 0 saturated carbocycles. The Morgan fingerprint density at radius 2 is 2.29 bits per heavy atom. The zero-order chi connectivity index (χ0) is 10.0. The highest BCUT2D eigenvalue weighted by Gasteiger charge is 2.36. The minimum atomic E-state index is -0.294. The van der Waals surface area contributed by atoms with E-state index in [1.807, 2.05) is 6.07 Å². The van der Waals surface area contributed by atoms with Crippen LogP contribution in [0.2, 0.25) is 0 Å². The van der Waals surface area contributed by atoms with Crippen LogP contribution < -0.4 is 0 Å². The van der Waals surface area contributed by atoms with Crippen molar-refractivity contribution in [2.45, 2.75) is 37.7 Å². The lowest BCUT2D eigenvalue weighted by Gasteiger charge is -2.36. The molecule has 3 nitrogen and oxygen atoms in total. The second-order valence-electron chi connectivity index (χ2n) is 3.96.